The van der Waals surface area contributed by atoms with Crippen molar-refractivity contribution < 1.29 is 9.53 Å². The molecule has 1 rings (SSSR count). The quantitative estimate of drug-likeness (QED) is 0.599. The SMILES string of the molecule is COC(=O)c1cn[c]([Sn][C](C)(C)C)cn1. The number of esters is 1. The third-order valence-corrected chi connectivity index (χ3v) is 5.16. The summed E-state index contributed by atoms with van der Waals surface area (Å²) < 4.78 is 5.94. The van der Waals surface area contributed by atoms with Crippen molar-refractivity contribution in [3.63, 3.8) is 0 Å². The van der Waals surface area contributed by atoms with Crippen LogP contribution in [0.2, 0.25) is 3.43 Å². The molecule has 0 saturated heterocycles. The Morgan fingerprint density at radius 2 is 2.00 bits per heavy atom. The van der Waals surface area contributed by atoms with Gasteiger partial charge < -0.3 is 0 Å². The molecule has 1 heterocycles. The summed E-state index contributed by atoms with van der Waals surface area (Å²) in [5.74, 6) is -0.435. The fourth-order valence-corrected chi connectivity index (χ4v) is 3.92. The van der Waals surface area contributed by atoms with E-state index in [1.165, 1.54) is 13.3 Å². The van der Waals surface area contributed by atoms with E-state index < -0.39 is 27.1 Å². The maximum absolute atomic E-state index is 11.1. The van der Waals surface area contributed by atoms with Gasteiger partial charge in [-0.3, -0.25) is 0 Å². The zero-order valence-corrected chi connectivity index (χ0v) is 12.2. The molecule has 1 aromatic heterocycles. The summed E-state index contributed by atoms with van der Waals surface area (Å²) in [6.45, 7) is 6.61. The first kappa shape index (κ1) is 12.4. The number of ether oxygens (including phenoxy) is 1. The summed E-state index contributed by atoms with van der Waals surface area (Å²) in [4.78, 5) is 19.4. The molecule has 80 valence electrons. The number of carbonyl (C=O) groups is 1. The molecule has 0 N–H and O–H groups in total. The fraction of sp³-hybridized carbons (Fsp3) is 0.500. The molecule has 15 heavy (non-hydrogen) atoms. The Morgan fingerprint density at radius 1 is 1.33 bits per heavy atom. The Labute approximate surface area is 99.7 Å². The minimum absolute atomic E-state index is 0.273. The van der Waals surface area contributed by atoms with Gasteiger partial charge in [-0.1, -0.05) is 0 Å². The van der Waals surface area contributed by atoms with Gasteiger partial charge in [0.25, 0.3) is 0 Å². The summed E-state index contributed by atoms with van der Waals surface area (Å²) in [7, 11) is 1.34. The third-order valence-electron chi connectivity index (χ3n) is 1.55. The summed E-state index contributed by atoms with van der Waals surface area (Å²) in [6, 6.07) is 0. The topological polar surface area (TPSA) is 52.1 Å². The van der Waals surface area contributed by atoms with Gasteiger partial charge in [0.05, 0.1) is 0 Å². The molecule has 0 saturated carbocycles. The van der Waals surface area contributed by atoms with Crippen LogP contribution in [0.1, 0.15) is 31.3 Å². The molecule has 1 aromatic rings. The molecular formula is C10H14N2O2Sn. The van der Waals surface area contributed by atoms with E-state index in [0.29, 0.717) is 3.43 Å². The number of nitrogens with zero attached hydrogens (tertiary/aromatic N) is 2. The third kappa shape index (κ3) is 4.15. The average Bonchev–Trinajstić information content (AvgIpc) is 2.15. The zero-order valence-electron chi connectivity index (χ0n) is 9.37. The molecule has 5 heteroatoms. The van der Waals surface area contributed by atoms with Crippen LogP contribution in [0.3, 0.4) is 0 Å². The molecule has 2 radical (unpaired) electrons. The second kappa shape index (κ2) is 4.92. The van der Waals surface area contributed by atoms with E-state index in [2.05, 4.69) is 35.5 Å². The Kier molecular flexibility index (Phi) is 4.07. The van der Waals surface area contributed by atoms with Crippen LogP contribution in [-0.2, 0) is 4.74 Å². The van der Waals surface area contributed by atoms with Crippen LogP contribution in [0.15, 0.2) is 12.4 Å². The number of aromatic nitrogens is 2. The van der Waals surface area contributed by atoms with Gasteiger partial charge in [0.1, 0.15) is 0 Å². The second-order valence-corrected chi connectivity index (χ2v) is 10.6. The van der Waals surface area contributed by atoms with Crippen molar-refractivity contribution >= 4 is 30.8 Å². The molecule has 0 aromatic carbocycles. The van der Waals surface area contributed by atoms with E-state index >= 15 is 0 Å². The second-order valence-electron chi connectivity index (χ2n) is 4.15. The van der Waals surface area contributed by atoms with E-state index in [1.54, 1.807) is 6.20 Å². The van der Waals surface area contributed by atoms with Gasteiger partial charge in [0, 0.05) is 0 Å². The standard InChI is InChI=1S/C6H5N2O2.C4H9.Sn/c1-10-6(9)5-4-7-2-3-8-5;1-4(2)3;/h3-4H,1H3;1-3H3;. The molecule has 4 nitrogen and oxygen atoms in total. The van der Waals surface area contributed by atoms with Gasteiger partial charge in [-0.25, -0.2) is 0 Å². The molecule has 0 aliphatic carbocycles. The van der Waals surface area contributed by atoms with Crippen LogP contribution in [-0.4, -0.2) is 44.2 Å². The molecule has 0 fully saturated rings. The van der Waals surface area contributed by atoms with Crippen LogP contribution >= 0.6 is 0 Å². The molecule has 0 atom stereocenters. The average molecular weight is 313 g/mol. The molecule has 0 bridgehead atoms. The van der Waals surface area contributed by atoms with Gasteiger partial charge in [0.2, 0.25) is 0 Å². The number of methoxy groups -OCH3 is 1. The predicted octanol–water partition coefficient (Wildman–Crippen LogP) is 0.811. The van der Waals surface area contributed by atoms with E-state index in [-0.39, 0.29) is 5.69 Å². The van der Waals surface area contributed by atoms with Crippen molar-refractivity contribution in [1.82, 2.24) is 9.97 Å². The van der Waals surface area contributed by atoms with Gasteiger partial charge >= 0.3 is 99.7 Å². The molecule has 0 amide bonds. The number of rotatable bonds is 2. The Bertz CT molecular complexity index is 343. The maximum atomic E-state index is 11.1. The monoisotopic (exact) mass is 314 g/mol. The Hall–Kier alpha value is -0.651. The molecular weight excluding hydrogens is 299 g/mol. The van der Waals surface area contributed by atoms with E-state index in [9.17, 15) is 4.79 Å². The Morgan fingerprint density at radius 3 is 2.40 bits per heavy atom. The van der Waals surface area contributed by atoms with Crippen LogP contribution in [0, 0.1) is 0 Å². The molecule has 0 aliphatic rings. The van der Waals surface area contributed by atoms with Crippen molar-refractivity contribution in [3.8, 4) is 0 Å². The van der Waals surface area contributed by atoms with E-state index in [4.69, 9.17) is 0 Å². The Balaban J connectivity index is 2.77. The first-order valence-corrected chi connectivity index (χ1v) is 7.46. The van der Waals surface area contributed by atoms with Crippen LogP contribution < -0.4 is 3.71 Å². The first-order valence-electron chi connectivity index (χ1n) is 4.61. The van der Waals surface area contributed by atoms with Crippen molar-refractivity contribution in [2.24, 2.45) is 0 Å². The summed E-state index contributed by atoms with van der Waals surface area (Å²) >= 11 is -0.732. The predicted molar refractivity (Wildman–Crippen MR) is 58.5 cm³/mol. The molecule has 0 unspecified atom stereocenters. The van der Waals surface area contributed by atoms with Gasteiger partial charge in [-0.15, -0.1) is 0 Å². The van der Waals surface area contributed by atoms with E-state index in [1.807, 2.05) is 0 Å². The first-order chi connectivity index (χ1) is 6.92. The van der Waals surface area contributed by atoms with Crippen LogP contribution in [0.25, 0.3) is 0 Å². The van der Waals surface area contributed by atoms with Gasteiger partial charge in [0.15, 0.2) is 0 Å². The normalized spacial score (nSPS) is 11.2. The summed E-state index contributed by atoms with van der Waals surface area (Å²) in [5.41, 5.74) is 0.273. The van der Waals surface area contributed by atoms with E-state index in [0.717, 1.165) is 3.71 Å². The number of carbonyl (C=O) groups excluding carboxylic acids is 1. The van der Waals surface area contributed by atoms with Gasteiger partial charge in [-0.2, -0.15) is 0 Å². The van der Waals surface area contributed by atoms with Crippen molar-refractivity contribution in [1.29, 1.82) is 0 Å². The number of hydrogen-bond donors (Lipinski definition) is 0. The molecule has 0 spiro atoms. The fourth-order valence-electron chi connectivity index (χ4n) is 0.987. The van der Waals surface area contributed by atoms with Gasteiger partial charge in [-0.05, 0) is 0 Å². The molecule has 0 aliphatic heterocycles. The minimum atomic E-state index is -0.732. The number of hydrogen-bond acceptors (Lipinski definition) is 4. The summed E-state index contributed by atoms with van der Waals surface area (Å²) in [5, 5.41) is 0. The van der Waals surface area contributed by atoms with Crippen LogP contribution in [0.4, 0.5) is 0 Å². The van der Waals surface area contributed by atoms with Crippen LogP contribution in [0.5, 0.6) is 0 Å². The van der Waals surface area contributed by atoms with Crippen molar-refractivity contribution in [2.45, 2.75) is 24.2 Å². The van der Waals surface area contributed by atoms with Crippen molar-refractivity contribution in [3.05, 3.63) is 18.1 Å². The summed E-state index contributed by atoms with van der Waals surface area (Å²) in [6.07, 6.45) is 3.19. The van der Waals surface area contributed by atoms with Crippen molar-refractivity contribution in [2.75, 3.05) is 7.11 Å². The zero-order chi connectivity index (χ0) is 11.5.